The fraction of sp³-hybridized carbons (Fsp3) is 0. The molecule has 0 radical (unpaired) electrons. The number of rotatable bonds is 1. The van der Waals surface area contributed by atoms with Crippen LogP contribution in [0.2, 0.25) is 0 Å². The van der Waals surface area contributed by atoms with Crippen molar-refractivity contribution in [2.24, 2.45) is 5.34 Å². The summed E-state index contributed by atoms with van der Waals surface area (Å²) in [4.78, 5) is 20.9. The van der Waals surface area contributed by atoms with Gasteiger partial charge in [0.2, 0.25) is 0 Å². The Balaban J connectivity index is -0.0000000417. The molecule has 1 N–H and O–H groups in total. The van der Waals surface area contributed by atoms with E-state index >= 15 is 0 Å². The van der Waals surface area contributed by atoms with Gasteiger partial charge >= 0.3 is 43.9 Å². The average Bonchev–Trinajstić information content (AvgIpc) is 1.35. The molecule has 0 heterocycles. The van der Waals surface area contributed by atoms with Crippen LogP contribution in [0.5, 0.6) is 0 Å². The summed E-state index contributed by atoms with van der Waals surface area (Å²) in [6.07, 6.45) is -1.69. The van der Waals surface area contributed by atoms with Gasteiger partial charge in [-0.1, -0.05) is 0 Å². The molecule has 0 aromatic heterocycles. The third-order valence-electron chi connectivity index (χ3n) is 0.115. The van der Waals surface area contributed by atoms with Gasteiger partial charge in [-0.25, -0.2) is 9.63 Å². The predicted octanol–water partition coefficient (Wildman–Crippen LogP) is 0.207. The SMILES string of the molecule is O=NOC(=O)O.[Ca+2].[H-].[H-]. The molecule has 38 valence electrons. The average molecular weight is 133 g/mol. The van der Waals surface area contributed by atoms with Crippen LogP contribution in [0, 0.1) is 4.91 Å². The van der Waals surface area contributed by atoms with Crippen LogP contribution in [-0.2, 0) is 4.84 Å². The zero-order chi connectivity index (χ0) is 4.99. The minimum absolute atomic E-state index is 0. The van der Waals surface area contributed by atoms with Crippen LogP contribution in [0.15, 0.2) is 5.34 Å². The second kappa shape index (κ2) is 6.13. The van der Waals surface area contributed by atoms with Gasteiger partial charge in [-0.2, -0.15) is 0 Å². The number of hydrogen-bond donors (Lipinski definition) is 1. The molecule has 0 aliphatic carbocycles. The van der Waals surface area contributed by atoms with Crippen LogP contribution >= 0.6 is 0 Å². The summed E-state index contributed by atoms with van der Waals surface area (Å²) < 4.78 is 0. The predicted molar refractivity (Wildman–Crippen MR) is 22.9 cm³/mol. The standard InChI is InChI=1S/CHNO4.Ca.2H/c3-1(4)6-2-5;;;/h(H,3,4);;;/q;+2;2*-1. The molecule has 7 heavy (non-hydrogen) atoms. The first kappa shape index (κ1) is 10.2. The van der Waals surface area contributed by atoms with Crippen LogP contribution in [0.25, 0.3) is 0 Å². The maximum Gasteiger partial charge on any atom is 2.00 e. The molecule has 0 bridgehead atoms. The fourth-order valence-corrected chi connectivity index (χ4v) is 0.0319. The Hall–Kier alpha value is 0.130. The van der Waals surface area contributed by atoms with Crippen molar-refractivity contribution in [3.05, 3.63) is 4.91 Å². The first-order valence-electron chi connectivity index (χ1n) is 0.997. The summed E-state index contributed by atoms with van der Waals surface area (Å²) >= 11 is 0. The normalized spacial score (nSPS) is 5.71. The van der Waals surface area contributed by atoms with E-state index < -0.39 is 6.16 Å². The maximum absolute atomic E-state index is 9.08. The van der Waals surface area contributed by atoms with Gasteiger partial charge in [0, 0.05) is 0 Å². The molecule has 0 rings (SSSR count). The molecule has 0 unspecified atom stereocenters. The Morgan fingerprint density at radius 2 is 2.29 bits per heavy atom. The Bertz CT molecular complexity index is 79.0. The first-order chi connectivity index (χ1) is 2.77. The van der Waals surface area contributed by atoms with Crippen molar-refractivity contribution in [2.45, 2.75) is 0 Å². The molecule has 0 atom stereocenters. The molecule has 0 aliphatic heterocycles. The summed E-state index contributed by atoms with van der Waals surface area (Å²) in [5, 5.41) is 8.98. The van der Waals surface area contributed by atoms with E-state index in [0.29, 0.717) is 0 Å². The molecule has 0 aliphatic rings. The zero-order valence-corrected chi connectivity index (χ0v) is 5.53. The largest absolute Gasteiger partial charge is 2.00 e. The second-order valence-electron chi connectivity index (χ2n) is 0.432. The van der Waals surface area contributed by atoms with Gasteiger partial charge in [0.05, 0.1) is 0 Å². The van der Waals surface area contributed by atoms with Gasteiger partial charge in [-0.3, -0.25) is 0 Å². The molecular formula is CH3CaNO4. The summed E-state index contributed by atoms with van der Waals surface area (Å²) in [5.74, 6) is 0. The Morgan fingerprint density at radius 3 is 2.29 bits per heavy atom. The smallest absolute Gasteiger partial charge is 1.00 e. The monoisotopic (exact) mass is 133 g/mol. The Morgan fingerprint density at radius 1 is 1.86 bits per heavy atom. The Labute approximate surface area is 71.5 Å². The van der Waals surface area contributed by atoms with Gasteiger partial charge in [0.25, 0.3) is 0 Å². The van der Waals surface area contributed by atoms with E-state index in [4.69, 9.17) is 14.8 Å². The van der Waals surface area contributed by atoms with E-state index in [9.17, 15) is 0 Å². The molecule has 6 heteroatoms. The molecule has 0 aromatic rings. The topological polar surface area (TPSA) is 76.0 Å². The number of hydrogen-bond acceptors (Lipinski definition) is 4. The fourth-order valence-electron chi connectivity index (χ4n) is 0.0319. The summed E-state index contributed by atoms with van der Waals surface area (Å²) in [6.45, 7) is 0. The van der Waals surface area contributed by atoms with Gasteiger partial charge < -0.3 is 7.96 Å². The van der Waals surface area contributed by atoms with E-state index in [-0.39, 0.29) is 40.6 Å². The van der Waals surface area contributed by atoms with Crippen LogP contribution in [-0.4, -0.2) is 49.0 Å². The summed E-state index contributed by atoms with van der Waals surface area (Å²) in [5.41, 5.74) is 0. The zero-order valence-electron chi connectivity index (χ0n) is 5.33. The Kier molecular flexibility index (Phi) is 8.91. The van der Waals surface area contributed by atoms with Crippen molar-refractivity contribution in [1.29, 1.82) is 0 Å². The van der Waals surface area contributed by atoms with Gasteiger partial charge in [0.15, 0.2) is 5.34 Å². The molecular weight excluding hydrogens is 130 g/mol. The van der Waals surface area contributed by atoms with E-state index in [1.54, 1.807) is 5.34 Å². The van der Waals surface area contributed by atoms with Crippen molar-refractivity contribution in [1.82, 2.24) is 0 Å². The van der Waals surface area contributed by atoms with E-state index in [1.807, 2.05) is 0 Å². The summed E-state index contributed by atoms with van der Waals surface area (Å²) in [7, 11) is 0. The molecule has 5 nitrogen and oxygen atoms in total. The molecule has 0 saturated carbocycles. The van der Waals surface area contributed by atoms with E-state index in [2.05, 4.69) is 4.84 Å². The van der Waals surface area contributed by atoms with Crippen molar-refractivity contribution in [3.8, 4) is 0 Å². The second-order valence-corrected chi connectivity index (χ2v) is 0.432. The van der Waals surface area contributed by atoms with Crippen LogP contribution < -0.4 is 0 Å². The summed E-state index contributed by atoms with van der Waals surface area (Å²) in [6, 6.07) is 0. The van der Waals surface area contributed by atoms with E-state index in [1.165, 1.54) is 0 Å². The van der Waals surface area contributed by atoms with Crippen molar-refractivity contribution in [2.75, 3.05) is 0 Å². The third kappa shape index (κ3) is 10.7. The van der Waals surface area contributed by atoms with Crippen LogP contribution in [0.3, 0.4) is 0 Å². The quantitative estimate of drug-likeness (QED) is 0.315. The maximum atomic E-state index is 9.08. The minimum atomic E-state index is -1.69. The first-order valence-corrected chi connectivity index (χ1v) is 0.997. The number of nitrogens with zero attached hydrogens (tertiary/aromatic N) is 1. The minimum Gasteiger partial charge on any atom is -1.00 e. The van der Waals surface area contributed by atoms with Crippen LogP contribution in [0.4, 0.5) is 4.79 Å². The van der Waals surface area contributed by atoms with Crippen molar-refractivity contribution < 1.29 is 17.6 Å². The molecule has 0 spiro atoms. The molecule has 0 saturated heterocycles. The molecule has 0 aromatic carbocycles. The van der Waals surface area contributed by atoms with Gasteiger partial charge in [0.1, 0.15) is 0 Å². The van der Waals surface area contributed by atoms with Gasteiger partial charge in [-0.05, 0) is 0 Å². The number of carbonyl (C=O) groups is 1. The molecule has 0 fully saturated rings. The van der Waals surface area contributed by atoms with E-state index in [0.717, 1.165) is 0 Å². The van der Waals surface area contributed by atoms with Crippen molar-refractivity contribution >= 4 is 43.9 Å². The van der Waals surface area contributed by atoms with Crippen molar-refractivity contribution in [3.63, 3.8) is 0 Å². The van der Waals surface area contributed by atoms with Gasteiger partial charge in [-0.15, -0.1) is 4.91 Å². The van der Waals surface area contributed by atoms with Crippen LogP contribution in [0.1, 0.15) is 2.85 Å². The third-order valence-corrected chi connectivity index (χ3v) is 0.115. The molecule has 0 amide bonds. The number of carboxylic acid groups (broad SMARTS) is 1.